The van der Waals surface area contributed by atoms with Crippen LogP contribution in [0.5, 0.6) is 0 Å². The molecule has 1 saturated heterocycles. The van der Waals surface area contributed by atoms with Gasteiger partial charge in [0.05, 0.1) is 10.6 Å². The lowest BCUT2D eigenvalue weighted by molar-refractivity contribution is -0.384. The van der Waals surface area contributed by atoms with Gasteiger partial charge in [-0.1, -0.05) is 24.3 Å². The topological polar surface area (TPSA) is 105 Å². The molecule has 1 fully saturated rings. The molecule has 1 aliphatic heterocycles. The second kappa shape index (κ2) is 8.42. The molecule has 0 saturated carbocycles. The molecule has 152 valence electrons. The molecule has 9 heteroatoms. The van der Waals surface area contributed by atoms with E-state index in [-0.39, 0.29) is 17.5 Å². The summed E-state index contributed by atoms with van der Waals surface area (Å²) >= 11 is 1.25. The Balaban J connectivity index is 1.41. The van der Waals surface area contributed by atoms with Crippen molar-refractivity contribution in [1.29, 1.82) is 0 Å². The zero-order chi connectivity index (χ0) is 21.1. The maximum absolute atomic E-state index is 12.5. The number of thiazole rings is 1. The van der Waals surface area contributed by atoms with Crippen molar-refractivity contribution in [3.63, 3.8) is 0 Å². The molecular weight excluding hydrogens is 404 g/mol. The van der Waals surface area contributed by atoms with Crippen molar-refractivity contribution in [2.75, 3.05) is 11.9 Å². The molecule has 0 bridgehead atoms. The molecule has 2 aromatic carbocycles. The van der Waals surface area contributed by atoms with Crippen LogP contribution in [0.2, 0.25) is 0 Å². The van der Waals surface area contributed by atoms with Gasteiger partial charge in [-0.2, -0.15) is 0 Å². The Bertz CT molecular complexity index is 1110. The van der Waals surface area contributed by atoms with E-state index in [9.17, 15) is 19.7 Å². The van der Waals surface area contributed by atoms with Crippen molar-refractivity contribution in [3.05, 3.63) is 75.2 Å². The monoisotopic (exact) mass is 422 g/mol. The zero-order valence-electron chi connectivity index (χ0n) is 15.9. The summed E-state index contributed by atoms with van der Waals surface area (Å²) in [6.07, 6.45) is 1.50. The molecule has 2 heterocycles. The number of non-ortho nitro benzene ring substituents is 1. The van der Waals surface area contributed by atoms with Crippen LogP contribution >= 0.6 is 11.3 Å². The van der Waals surface area contributed by atoms with Gasteiger partial charge in [0.1, 0.15) is 0 Å². The quantitative estimate of drug-likeness (QED) is 0.476. The number of amides is 2. The maximum atomic E-state index is 12.5. The number of aromatic nitrogens is 1. The van der Waals surface area contributed by atoms with Gasteiger partial charge in [-0.25, -0.2) is 4.98 Å². The van der Waals surface area contributed by atoms with Crippen LogP contribution in [0, 0.1) is 10.1 Å². The number of carbonyl (C=O) groups excluding carboxylic acids is 2. The molecule has 1 aromatic heterocycles. The number of nitro benzene ring substituents is 1. The fourth-order valence-electron chi connectivity index (χ4n) is 3.26. The third kappa shape index (κ3) is 4.36. The SMILES string of the molecule is O=C(Nc1nc(-c2cccc([N+](=O)[O-])c2)cs1)c1ccc(CN2CCCC2=O)cc1. The molecule has 2 amide bonds. The molecule has 3 aromatic rings. The first-order valence-corrected chi connectivity index (χ1v) is 10.3. The van der Waals surface area contributed by atoms with E-state index in [0.717, 1.165) is 18.5 Å². The van der Waals surface area contributed by atoms with Crippen LogP contribution < -0.4 is 5.32 Å². The third-order valence-electron chi connectivity index (χ3n) is 4.84. The Morgan fingerprint density at radius 2 is 2.03 bits per heavy atom. The largest absolute Gasteiger partial charge is 0.338 e. The highest BCUT2D eigenvalue weighted by Crippen LogP contribution is 2.27. The van der Waals surface area contributed by atoms with Gasteiger partial charge in [-0.3, -0.25) is 25.0 Å². The van der Waals surface area contributed by atoms with E-state index < -0.39 is 4.92 Å². The lowest BCUT2D eigenvalue weighted by Crippen LogP contribution is -2.23. The summed E-state index contributed by atoms with van der Waals surface area (Å²) in [5.74, 6) is -0.126. The van der Waals surface area contributed by atoms with Gasteiger partial charge in [0, 0.05) is 48.2 Å². The van der Waals surface area contributed by atoms with Crippen LogP contribution in [0.4, 0.5) is 10.8 Å². The predicted octanol–water partition coefficient (Wildman–Crippen LogP) is 4.09. The van der Waals surface area contributed by atoms with Crippen LogP contribution in [-0.2, 0) is 11.3 Å². The fraction of sp³-hybridized carbons (Fsp3) is 0.190. The van der Waals surface area contributed by atoms with Gasteiger partial charge < -0.3 is 4.90 Å². The van der Waals surface area contributed by atoms with Gasteiger partial charge in [-0.05, 0) is 24.1 Å². The van der Waals surface area contributed by atoms with Crippen LogP contribution in [-0.4, -0.2) is 33.2 Å². The highest BCUT2D eigenvalue weighted by atomic mass is 32.1. The number of rotatable bonds is 6. The molecule has 0 radical (unpaired) electrons. The summed E-state index contributed by atoms with van der Waals surface area (Å²) in [5.41, 5.74) is 2.62. The Kier molecular flexibility index (Phi) is 5.53. The summed E-state index contributed by atoms with van der Waals surface area (Å²) in [6.45, 7) is 1.33. The number of benzene rings is 2. The van der Waals surface area contributed by atoms with Gasteiger partial charge in [-0.15, -0.1) is 11.3 Å². The molecule has 0 aliphatic carbocycles. The number of nitrogens with zero attached hydrogens (tertiary/aromatic N) is 3. The molecule has 1 N–H and O–H groups in total. The van der Waals surface area contributed by atoms with E-state index in [0.29, 0.717) is 34.9 Å². The molecule has 0 atom stereocenters. The zero-order valence-corrected chi connectivity index (χ0v) is 16.7. The number of likely N-dealkylation sites (tertiary alicyclic amines) is 1. The van der Waals surface area contributed by atoms with Crippen molar-refractivity contribution in [2.24, 2.45) is 0 Å². The first kappa shape index (κ1) is 19.7. The summed E-state index contributed by atoms with van der Waals surface area (Å²) in [4.78, 5) is 40.9. The van der Waals surface area contributed by atoms with Crippen molar-refractivity contribution < 1.29 is 14.5 Å². The van der Waals surface area contributed by atoms with Crippen LogP contribution in [0.25, 0.3) is 11.3 Å². The first-order chi connectivity index (χ1) is 14.5. The summed E-state index contributed by atoms with van der Waals surface area (Å²) < 4.78 is 0. The van der Waals surface area contributed by atoms with Gasteiger partial charge in [0.15, 0.2) is 5.13 Å². The smallest absolute Gasteiger partial charge is 0.270 e. The van der Waals surface area contributed by atoms with Crippen LogP contribution in [0.15, 0.2) is 53.9 Å². The number of carbonyl (C=O) groups is 2. The summed E-state index contributed by atoms with van der Waals surface area (Å²) in [7, 11) is 0. The minimum Gasteiger partial charge on any atom is -0.338 e. The van der Waals surface area contributed by atoms with E-state index in [4.69, 9.17) is 0 Å². The van der Waals surface area contributed by atoms with Gasteiger partial charge in [0.25, 0.3) is 11.6 Å². The number of anilines is 1. The molecule has 30 heavy (non-hydrogen) atoms. The van der Waals surface area contributed by atoms with Crippen molar-refractivity contribution in [2.45, 2.75) is 19.4 Å². The Hall–Kier alpha value is -3.59. The fourth-order valence-corrected chi connectivity index (χ4v) is 3.98. The minimum absolute atomic E-state index is 0.0122. The average molecular weight is 422 g/mol. The predicted molar refractivity (Wildman–Crippen MR) is 113 cm³/mol. The number of hydrogen-bond acceptors (Lipinski definition) is 6. The molecular formula is C21H18N4O4S. The lowest BCUT2D eigenvalue weighted by Gasteiger charge is -2.15. The van der Waals surface area contributed by atoms with E-state index in [2.05, 4.69) is 10.3 Å². The van der Waals surface area contributed by atoms with Crippen molar-refractivity contribution >= 4 is 34.0 Å². The van der Waals surface area contributed by atoms with E-state index in [1.165, 1.54) is 23.5 Å². The first-order valence-electron chi connectivity index (χ1n) is 9.38. The molecule has 0 unspecified atom stereocenters. The van der Waals surface area contributed by atoms with E-state index in [1.807, 2.05) is 17.0 Å². The van der Waals surface area contributed by atoms with Gasteiger partial charge in [0.2, 0.25) is 5.91 Å². The van der Waals surface area contributed by atoms with Crippen LogP contribution in [0.1, 0.15) is 28.8 Å². The Morgan fingerprint density at radius 1 is 1.23 bits per heavy atom. The maximum Gasteiger partial charge on any atom is 0.270 e. The third-order valence-corrected chi connectivity index (χ3v) is 5.60. The molecule has 8 nitrogen and oxygen atoms in total. The highest BCUT2D eigenvalue weighted by molar-refractivity contribution is 7.14. The number of nitrogens with one attached hydrogen (secondary N) is 1. The van der Waals surface area contributed by atoms with Gasteiger partial charge >= 0.3 is 0 Å². The second-order valence-corrected chi connectivity index (χ2v) is 7.77. The van der Waals surface area contributed by atoms with E-state index >= 15 is 0 Å². The Labute approximate surface area is 176 Å². The normalized spacial score (nSPS) is 13.5. The number of nitro groups is 1. The van der Waals surface area contributed by atoms with E-state index in [1.54, 1.807) is 29.6 Å². The lowest BCUT2D eigenvalue weighted by atomic mass is 10.1. The molecule has 1 aliphatic rings. The molecule has 4 rings (SSSR count). The second-order valence-electron chi connectivity index (χ2n) is 6.92. The molecule has 0 spiro atoms. The number of hydrogen-bond donors (Lipinski definition) is 1. The standard InChI is InChI=1S/C21H18N4O4S/c26-19-5-2-10-24(19)12-14-6-8-15(9-7-14)20(27)23-21-22-18(13-30-21)16-3-1-4-17(11-16)25(28)29/h1,3-4,6-9,11,13H,2,5,10,12H2,(H,22,23,27). The van der Waals surface area contributed by atoms with Crippen LogP contribution in [0.3, 0.4) is 0 Å². The minimum atomic E-state index is -0.456. The van der Waals surface area contributed by atoms with Crippen molar-refractivity contribution in [1.82, 2.24) is 9.88 Å². The highest BCUT2D eigenvalue weighted by Gasteiger charge is 2.20. The van der Waals surface area contributed by atoms with Crippen molar-refractivity contribution in [3.8, 4) is 11.3 Å². The summed E-state index contributed by atoms with van der Waals surface area (Å²) in [6, 6.07) is 13.3. The summed E-state index contributed by atoms with van der Waals surface area (Å²) in [5, 5.41) is 15.8. The Morgan fingerprint density at radius 3 is 2.73 bits per heavy atom. The average Bonchev–Trinajstić information content (AvgIpc) is 3.38.